The molecule has 0 aromatic rings. The first kappa shape index (κ1) is 27.2. The fourth-order valence-electron chi connectivity index (χ4n) is 4.66. The fraction of sp³-hybridized carbons (Fsp3) is 0.864. The molecule has 1 saturated carbocycles. The summed E-state index contributed by atoms with van der Waals surface area (Å²) >= 11 is 0. The molecule has 3 aliphatic rings. The second-order valence-electron chi connectivity index (χ2n) is 10.9. The average Bonchev–Trinajstić information content (AvgIpc) is 3.17. The van der Waals surface area contributed by atoms with Gasteiger partial charge in [-0.25, -0.2) is 9.59 Å². The van der Waals surface area contributed by atoms with E-state index in [4.69, 9.17) is 9.47 Å². The van der Waals surface area contributed by atoms with E-state index in [1.54, 1.807) is 20.8 Å². The summed E-state index contributed by atoms with van der Waals surface area (Å²) < 4.78 is 50.2. The van der Waals surface area contributed by atoms with Gasteiger partial charge in [-0.3, -0.25) is 9.69 Å². The molecular weight excluding hydrogens is 445 g/mol. The molecule has 0 unspecified atom stereocenters. The highest BCUT2D eigenvalue weighted by atomic mass is 19.4. The van der Waals surface area contributed by atoms with Gasteiger partial charge in [-0.05, 0) is 52.4 Å². The Bertz CT molecular complexity index is 771. The lowest BCUT2D eigenvalue weighted by Gasteiger charge is -2.47. The van der Waals surface area contributed by atoms with Crippen molar-refractivity contribution in [3.63, 3.8) is 0 Å². The van der Waals surface area contributed by atoms with Crippen LogP contribution in [0.3, 0.4) is 0 Å². The topological polar surface area (TPSA) is 96.4 Å². The Balaban J connectivity index is 2.19. The zero-order valence-corrected chi connectivity index (χ0v) is 20.3. The fourth-order valence-corrected chi connectivity index (χ4v) is 4.66. The van der Waals surface area contributed by atoms with Gasteiger partial charge in [0.05, 0.1) is 6.61 Å². The third kappa shape index (κ3) is 5.73. The highest BCUT2D eigenvalue weighted by molar-refractivity contribution is 5.89. The number of hydrogen-bond donors (Lipinski definition) is 1. The minimum absolute atomic E-state index is 0.00127. The predicted molar refractivity (Wildman–Crippen MR) is 112 cm³/mol. The number of alkyl halides is 3. The van der Waals surface area contributed by atoms with Crippen LogP contribution < -0.4 is 0 Å². The molecule has 3 rings (SSSR count). The van der Waals surface area contributed by atoms with Crippen LogP contribution >= 0.6 is 0 Å². The third-order valence-electron chi connectivity index (χ3n) is 6.35. The van der Waals surface area contributed by atoms with Gasteiger partial charge in [0.2, 0.25) is 5.91 Å². The summed E-state index contributed by atoms with van der Waals surface area (Å²) in [6, 6.07) is -2.34. The molecule has 33 heavy (non-hydrogen) atoms. The smallest absolute Gasteiger partial charge is 0.417 e. The van der Waals surface area contributed by atoms with Crippen LogP contribution in [0.5, 0.6) is 0 Å². The summed E-state index contributed by atoms with van der Waals surface area (Å²) in [5, 5.41) is 9.81. The van der Waals surface area contributed by atoms with Crippen molar-refractivity contribution in [3.8, 4) is 0 Å². The van der Waals surface area contributed by atoms with Crippen LogP contribution in [0.15, 0.2) is 0 Å². The number of aliphatic carboxylic acids is 1. The summed E-state index contributed by atoms with van der Waals surface area (Å²) in [6.07, 6.45) is -5.78. The van der Waals surface area contributed by atoms with Crippen molar-refractivity contribution >= 4 is 18.0 Å². The van der Waals surface area contributed by atoms with Crippen molar-refractivity contribution < 1.29 is 42.1 Å². The molecule has 0 radical (unpaired) electrons. The highest BCUT2D eigenvalue weighted by Gasteiger charge is 2.74. The Morgan fingerprint density at radius 1 is 1.06 bits per heavy atom. The molecule has 2 aliphatic heterocycles. The quantitative estimate of drug-likeness (QED) is 0.569. The lowest BCUT2D eigenvalue weighted by atomic mass is 9.59. The first-order valence-electron chi connectivity index (χ1n) is 11.0. The van der Waals surface area contributed by atoms with Crippen molar-refractivity contribution in [1.29, 1.82) is 0 Å². The summed E-state index contributed by atoms with van der Waals surface area (Å²) in [5.41, 5.74) is -3.95. The molecule has 0 spiro atoms. The number of carboxylic acid groups (broad SMARTS) is 1. The van der Waals surface area contributed by atoms with Gasteiger partial charge in [-0.2, -0.15) is 13.2 Å². The van der Waals surface area contributed by atoms with Gasteiger partial charge in [0, 0.05) is 19.5 Å². The molecule has 1 N–H and O–H groups in total. The van der Waals surface area contributed by atoms with Gasteiger partial charge in [0.25, 0.3) is 0 Å². The zero-order chi connectivity index (χ0) is 25.6. The maximum Gasteiger partial charge on any atom is 0.417 e. The molecule has 2 atom stereocenters. The van der Waals surface area contributed by atoms with E-state index >= 15 is 0 Å². The summed E-state index contributed by atoms with van der Waals surface area (Å²) in [6.45, 7) is 8.58. The molecule has 1 aliphatic carbocycles. The van der Waals surface area contributed by atoms with Gasteiger partial charge < -0.3 is 19.5 Å². The van der Waals surface area contributed by atoms with Gasteiger partial charge in [0.15, 0.2) is 5.60 Å². The van der Waals surface area contributed by atoms with Crippen molar-refractivity contribution in [2.75, 3.05) is 20.7 Å². The first-order chi connectivity index (χ1) is 14.8. The second kappa shape index (κ2) is 8.96. The number of rotatable bonds is 8. The molecule has 0 aromatic carbocycles. The summed E-state index contributed by atoms with van der Waals surface area (Å²) in [4.78, 5) is 40.1. The van der Waals surface area contributed by atoms with Crippen LogP contribution in [0.4, 0.5) is 18.0 Å². The standard InChI is InChI=1S/C22H35F3N2O6/c1-13(2)8-14(27(7)18(31)33-19(3,4)5)16(28)26(6)15(17(29)30)9-20-10-21(11-20,32-12-20)22(23,24)25/h13-15H,8-12H2,1-7H3,(H,29,30)/t14-,15+,20?,21?/m0/s1. The summed E-state index contributed by atoms with van der Waals surface area (Å²) in [7, 11) is 2.72. The van der Waals surface area contributed by atoms with Crippen molar-refractivity contribution in [2.45, 2.75) is 89.8 Å². The van der Waals surface area contributed by atoms with Crippen LogP contribution in [-0.2, 0) is 19.1 Å². The van der Waals surface area contributed by atoms with E-state index < -0.39 is 52.8 Å². The van der Waals surface area contributed by atoms with Crippen molar-refractivity contribution in [3.05, 3.63) is 0 Å². The third-order valence-corrected chi connectivity index (χ3v) is 6.35. The van der Waals surface area contributed by atoms with E-state index in [2.05, 4.69) is 0 Å². The van der Waals surface area contributed by atoms with Gasteiger partial charge >= 0.3 is 18.2 Å². The number of carbonyl (C=O) groups is 3. The molecule has 11 heteroatoms. The molecule has 2 amide bonds. The molecule has 0 aromatic heterocycles. The minimum atomic E-state index is -4.52. The second-order valence-corrected chi connectivity index (χ2v) is 10.9. The molecule has 190 valence electrons. The molecule has 8 nitrogen and oxygen atoms in total. The Morgan fingerprint density at radius 2 is 1.61 bits per heavy atom. The summed E-state index contributed by atoms with van der Waals surface area (Å²) in [5.74, 6) is -1.93. The normalized spacial score (nSPS) is 26.4. The Morgan fingerprint density at radius 3 is 2.00 bits per heavy atom. The number of carbonyl (C=O) groups excluding carboxylic acids is 2. The van der Waals surface area contributed by atoms with Crippen LogP contribution in [0.25, 0.3) is 0 Å². The molecule has 2 heterocycles. The van der Waals surface area contributed by atoms with E-state index in [1.807, 2.05) is 13.8 Å². The predicted octanol–water partition coefficient (Wildman–Crippen LogP) is 3.68. The van der Waals surface area contributed by atoms with Crippen LogP contribution in [0.1, 0.15) is 60.3 Å². The lowest BCUT2D eigenvalue weighted by molar-refractivity contribution is -0.278. The lowest BCUT2D eigenvalue weighted by Crippen LogP contribution is -2.58. The molecule has 3 fully saturated rings. The Labute approximate surface area is 192 Å². The van der Waals surface area contributed by atoms with Crippen molar-refractivity contribution in [2.24, 2.45) is 11.3 Å². The molecule has 2 saturated heterocycles. The number of fused-ring (bicyclic) bond motifs is 1. The van der Waals surface area contributed by atoms with E-state index in [-0.39, 0.29) is 38.2 Å². The minimum Gasteiger partial charge on any atom is -0.480 e. The van der Waals surface area contributed by atoms with Crippen molar-refractivity contribution in [1.82, 2.24) is 9.80 Å². The van der Waals surface area contributed by atoms with Gasteiger partial charge in [0.1, 0.15) is 17.7 Å². The average molecular weight is 481 g/mol. The maximum atomic E-state index is 13.4. The first-order valence-corrected chi connectivity index (χ1v) is 11.0. The maximum absolute atomic E-state index is 13.4. The number of amides is 2. The van der Waals surface area contributed by atoms with Crippen LogP contribution in [0.2, 0.25) is 0 Å². The molecule has 2 bridgehead atoms. The number of halogens is 3. The van der Waals surface area contributed by atoms with E-state index in [9.17, 15) is 32.7 Å². The van der Waals surface area contributed by atoms with Gasteiger partial charge in [-0.1, -0.05) is 13.8 Å². The Hall–Kier alpha value is -2.04. The van der Waals surface area contributed by atoms with Crippen LogP contribution in [0, 0.1) is 11.3 Å². The number of likely N-dealkylation sites (N-methyl/N-ethyl adjacent to an activating group) is 2. The van der Waals surface area contributed by atoms with E-state index in [0.29, 0.717) is 0 Å². The number of ether oxygens (including phenoxy) is 2. The largest absolute Gasteiger partial charge is 0.480 e. The Kier molecular flexibility index (Phi) is 7.39. The zero-order valence-electron chi connectivity index (χ0n) is 20.3. The van der Waals surface area contributed by atoms with Crippen LogP contribution in [-0.4, -0.2) is 83.0 Å². The van der Waals surface area contributed by atoms with E-state index in [1.165, 1.54) is 14.1 Å². The highest BCUT2D eigenvalue weighted by Crippen LogP contribution is 2.65. The number of nitrogens with zero attached hydrogens (tertiary/aromatic N) is 2. The SMILES string of the molecule is CC(C)C[C@@H](C(=O)N(C)[C@H](CC12COC(C(F)(F)F)(C1)C2)C(=O)O)N(C)C(=O)OC(C)(C)C. The molecular formula is C22H35F3N2O6. The number of hydrogen-bond acceptors (Lipinski definition) is 5. The number of carboxylic acids is 1. The monoisotopic (exact) mass is 480 g/mol. The van der Waals surface area contributed by atoms with Gasteiger partial charge in [-0.15, -0.1) is 0 Å². The van der Waals surface area contributed by atoms with E-state index in [0.717, 1.165) is 9.80 Å².